The third-order valence-electron chi connectivity index (χ3n) is 6.94. The van der Waals surface area contributed by atoms with E-state index in [9.17, 15) is 9.59 Å². The predicted octanol–water partition coefficient (Wildman–Crippen LogP) is 5.38. The second-order valence-corrected chi connectivity index (χ2v) is 9.23. The van der Waals surface area contributed by atoms with E-state index in [1.54, 1.807) is 42.5 Å². The van der Waals surface area contributed by atoms with E-state index in [1.165, 1.54) is 20.4 Å². The average Bonchev–Trinajstić information content (AvgIpc) is 3.76. The van der Waals surface area contributed by atoms with Gasteiger partial charge in [0.15, 0.2) is 11.5 Å². The highest BCUT2D eigenvalue weighted by molar-refractivity contribution is 5.92. The smallest absolute Gasteiger partial charge is 0.343 e. The normalized spacial score (nSPS) is 15.4. The number of hydrogen-bond donors (Lipinski definition) is 1. The first-order chi connectivity index (χ1) is 19.0. The summed E-state index contributed by atoms with van der Waals surface area (Å²) in [6.07, 6.45) is 2.24. The molecule has 1 saturated carbocycles. The number of carbonyl (C=O) groups is 2. The Hall–Kier alpha value is -4.91. The van der Waals surface area contributed by atoms with Gasteiger partial charge in [0.05, 0.1) is 31.9 Å². The fraction of sp³-hybridized carbons (Fsp3) is 0.156. The number of esters is 1. The van der Waals surface area contributed by atoms with E-state index < -0.39 is 5.97 Å². The molecule has 0 bridgehead atoms. The molecule has 0 aliphatic heterocycles. The van der Waals surface area contributed by atoms with Crippen molar-refractivity contribution in [2.45, 2.75) is 11.8 Å². The van der Waals surface area contributed by atoms with Gasteiger partial charge in [-0.25, -0.2) is 10.2 Å². The van der Waals surface area contributed by atoms with Gasteiger partial charge in [-0.2, -0.15) is 5.10 Å². The molecule has 0 radical (unpaired) electrons. The lowest BCUT2D eigenvalue weighted by atomic mass is 9.85. The van der Waals surface area contributed by atoms with Gasteiger partial charge in [0, 0.05) is 5.41 Å². The minimum absolute atomic E-state index is 0.144. The molecule has 196 valence electrons. The lowest BCUT2D eigenvalue weighted by Crippen LogP contribution is -2.25. The van der Waals surface area contributed by atoms with Crippen LogP contribution in [-0.2, 0) is 10.2 Å². The number of rotatable bonds is 9. The zero-order valence-electron chi connectivity index (χ0n) is 21.7. The molecule has 1 fully saturated rings. The van der Waals surface area contributed by atoms with Crippen LogP contribution in [0, 0.1) is 5.92 Å². The fourth-order valence-electron chi connectivity index (χ4n) is 4.86. The first-order valence-electron chi connectivity index (χ1n) is 12.5. The van der Waals surface area contributed by atoms with Crippen LogP contribution in [0.4, 0.5) is 0 Å². The van der Waals surface area contributed by atoms with Crippen LogP contribution >= 0.6 is 0 Å². The maximum Gasteiger partial charge on any atom is 0.343 e. The van der Waals surface area contributed by atoms with Crippen molar-refractivity contribution in [2.24, 2.45) is 11.0 Å². The van der Waals surface area contributed by atoms with Gasteiger partial charge >= 0.3 is 5.97 Å². The maximum absolute atomic E-state index is 13.1. The lowest BCUT2D eigenvalue weighted by Gasteiger charge is -2.18. The summed E-state index contributed by atoms with van der Waals surface area (Å²) in [6, 6.07) is 31.9. The Labute approximate surface area is 227 Å². The molecule has 4 aromatic carbocycles. The molecule has 1 aliphatic rings. The van der Waals surface area contributed by atoms with Crippen molar-refractivity contribution < 1.29 is 23.8 Å². The summed E-state index contributed by atoms with van der Waals surface area (Å²) >= 11 is 0. The SMILES string of the molecule is COc1cccc(C(=O)Oc2ccc(/C=N/NC(=O)C3CC3(c3ccccc3)c3ccccc3)cc2OC)c1. The summed E-state index contributed by atoms with van der Waals surface area (Å²) in [6.45, 7) is 0. The number of nitrogens with zero attached hydrogens (tertiary/aromatic N) is 1. The average molecular weight is 521 g/mol. The molecule has 5 rings (SSSR count). The Morgan fingerprint density at radius 2 is 1.51 bits per heavy atom. The van der Waals surface area contributed by atoms with E-state index in [4.69, 9.17) is 14.2 Å². The van der Waals surface area contributed by atoms with E-state index in [0.29, 0.717) is 29.0 Å². The molecule has 0 heterocycles. The highest BCUT2D eigenvalue weighted by Crippen LogP contribution is 2.58. The summed E-state index contributed by atoms with van der Waals surface area (Å²) in [5.74, 6) is 0.268. The minimum atomic E-state index is -0.536. The van der Waals surface area contributed by atoms with Crippen molar-refractivity contribution in [3.63, 3.8) is 0 Å². The monoisotopic (exact) mass is 520 g/mol. The molecule has 0 spiro atoms. The van der Waals surface area contributed by atoms with Gasteiger partial charge < -0.3 is 14.2 Å². The Balaban J connectivity index is 1.26. The fourth-order valence-corrected chi connectivity index (χ4v) is 4.86. The zero-order valence-corrected chi connectivity index (χ0v) is 21.7. The third kappa shape index (κ3) is 5.38. The number of hydrazone groups is 1. The van der Waals surface area contributed by atoms with E-state index in [-0.39, 0.29) is 23.0 Å². The van der Waals surface area contributed by atoms with Gasteiger partial charge in [0.2, 0.25) is 5.91 Å². The van der Waals surface area contributed by atoms with E-state index in [0.717, 1.165) is 11.1 Å². The van der Waals surface area contributed by atoms with Crippen molar-refractivity contribution in [3.05, 3.63) is 125 Å². The van der Waals surface area contributed by atoms with Gasteiger partial charge in [-0.05, 0) is 59.5 Å². The van der Waals surface area contributed by atoms with Crippen LogP contribution in [0.1, 0.15) is 33.5 Å². The molecule has 4 aromatic rings. The minimum Gasteiger partial charge on any atom is -0.497 e. The summed E-state index contributed by atoms with van der Waals surface area (Å²) in [5.41, 5.74) is 5.59. The molecule has 1 amide bonds. The second-order valence-electron chi connectivity index (χ2n) is 9.23. The first kappa shape index (κ1) is 25.7. The summed E-state index contributed by atoms with van der Waals surface area (Å²) in [7, 11) is 3.02. The topological polar surface area (TPSA) is 86.2 Å². The highest BCUT2D eigenvalue weighted by atomic mass is 16.6. The van der Waals surface area contributed by atoms with Crippen molar-refractivity contribution in [2.75, 3.05) is 14.2 Å². The molecule has 1 N–H and O–H groups in total. The number of amides is 1. The molecule has 1 unspecified atom stereocenters. The number of methoxy groups -OCH3 is 2. The summed E-state index contributed by atoms with van der Waals surface area (Å²) in [5, 5.41) is 4.19. The van der Waals surface area contributed by atoms with E-state index >= 15 is 0 Å². The van der Waals surface area contributed by atoms with Crippen molar-refractivity contribution in [1.29, 1.82) is 0 Å². The number of carbonyl (C=O) groups excluding carboxylic acids is 2. The lowest BCUT2D eigenvalue weighted by molar-refractivity contribution is -0.122. The Bertz CT molecular complexity index is 1460. The molecule has 7 nitrogen and oxygen atoms in total. The third-order valence-corrected chi connectivity index (χ3v) is 6.94. The molecule has 0 aromatic heterocycles. The molecule has 7 heteroatoms. The van der Waals surface area contributed by atoms with Crippen LogP contribution in [0.25, 0.3) is 0 Å². The van der Waals surface area contributed by atoms with Gasteiger partial charge in [0.1, 0.15) is 5.75 Å². The van der Waals surface area contributed by atoms with E-state index in [1.807, 2.05) is 36.4 Å². The molecule has 1 aliphatic carbocycles. The summed E-state index contributed by atoms with van der Waals surface area (Å²) in [4.78, 5) is 25.7. The Morgan fingerprint density at radius 1 is 0.821 bits per heavy atom. The van der Waals surface area contributed by atoms with Crippen molar-refractivity contribution >= 4 is 18.1 Å². The number of ether oxygens (including phenoxy) is 3. The van der Waals surface area contributed by atoms with Gasteiger partial charge in [0.25, 0.3) is 0 Å². The standard InChI is InChI=1S/C32H28N2O5/c1-37-26-15-9-10-23(19-26)31(36)39-28-17-16-22(18-29(28)38-2)21-33-34-30(35)27-20-32(27,24-11-5-3-6-12-24)25-13-7-4-8-14-25/h3-19,21,27H,20H2,1-2H3,(H,34,35)/b33-21+. The van der Waals surface area contributed by atoms with Gasteiger partial charge in [-0.3, -0.25) is 4.79 Å². The molecule has 0 saturated heterocycles. The Morgan fingerprint density at radius 3 is 2.15 bits per heavy atom. The van der Waals surface area contributed by atoms with Crippen LogP contribution < -0.4 is 19.6 Å². The molecule has 39 heavy (non-hydrogen) atoms. The van der Waals surface area contributed by atoms with Crippen molar-refractivity contribution in [1.82, 2.24) is 5.43 Å². The van der Waals surface area contributed by atoms with Crippen molar-refractivity contribution in [3.8, 4) is 17.2 Å². The molecular weight excluding hydrogens is 492 g/mol. The number of benzene rings is 4. The predicted molar refractivity (Wildman–Crippen MR) is 148 cm³/mol. The molecular formula is C32H28N2O5. The number of hydrogen-bond acceptors (Lipinski definition) is 6. The summed E-state index contributed by atoms with van der Waals surface area (Å²) < 4.78 is 16.1. The molecule has 1 atom stereocenters. The Kier molecular flexibility index (Phi) is 7.41. The van der Waals surface area contributed by atoms with Crippen LogP contribution in [0.15, 0.2) is 108 Å². The van der Waals surface area contributed by atoms with Gasteiger partial charge in [-0.15, -0.1) is 0 Å². The van der Waals surface area contributed by atoms with Gasteiger partial charge in [-0.1, -0.05) is 66.7 Å². The largest absolute Gasteiger partial charge is 0.497 e. The second kappa shape index (κ2) is 11.2. The highest BCUT2D eigenvalue weighted by Gasteiger charge is 2.60. The first-order valence-corrected chi connectivity index (χ1v) is 12.5. The van der Waals surface area contributed by atoms with E-state index in [2.05, 4.69) is 34.8 Å². The van der Waals surface area contributed by atoms with Crippen LogP contribution in [-0.4, -0.2) is 32.3 Å². The van der Waals surface area contributed by atoms with Crippen LogP contribution in [0.5, 0.6) is 17.2 Å². The van der Waals surface area contributed by atoms with Crippen LogP contribution in [0.2, 0.25) is 0 Å². The van der Waals surface area contributed by atoms with Crippen LogP contribution in [0.3, 0.4) is 0 Å². The quantitative estimate of drug-likeness (QED) is 0.139. The zero-order chi connectivity index (χ0) is 27.2. The maximum atomic E-state index is 13.1. The number of nitrogens with one attached hydrogen (secondary N) is 1.